The van der Waals surface area contributed by atoms with E-state index in [-0.39, 0.29) is 17.5 Å². The van der Waals surface area contributed by atoms with Crippen LogP contribution in [-0.2, 0) is 12.1 Å². The number of nitrogens with zero attached hydrogens (tertiary/aromatic N) is 6. The van der Waals surface area contributed by atoms with Crippen LogP contribution < -0.4 is 10.6 Å². The SMILES string of the molecule is Cc1cc(-c2ccnc(Nc3cnn(C4CCC(=C(O)O)CC4)c3)n2)ccc1CNC(=O)c1cnn(C(C)(C)C)c1. The van der Waals surface area contributed by atoms with Crippen LogP contribution in [0.25, 0.3) is 11.3 Å². The number of aliphatic hydroxyl groups excluding tert-OH is 1. The van der Waals surface area contributed by atoms with Gasteiger partial charge < -0.3 is 20.8 Å². The zero-order valence-electron chi connectivity index (χ0n) is 23.8. The van der Waals surface area contributed by atoms with E-state index in [4.69, 9.17) is 4.98 Å². The van der Waals surface area contributed by atoms with Gasteiger partial charge in [-0.25, -0.2) is 9.97 Å². The van der Waals surface area contributed by atoms with Crippen LogP contribution in [0.3, 0.4) is 0 Å². The molecule has 1 saturated carbocycles. The van der Waals surface area contributed by atoms with E-state index >= 15 is 0 Å². The average Bonchev–Trinajstić information content (AvgIpc) is 3.63. The number of nitrogens with one attached hydrogen (secondary N) is 2. The molecule has 3 heterocycles. The number of aryl methyl sites for hydroxylation is 1. The lowest BCUT2D eigenvalue weighted by Crippen LogP contribution is -2.24. The Morgan fingerprint density at radius 3 is 2.54 bits per heavy atom. The molecule has 1 amide bonds. The third-order valence-electron chi connectivity index (χ3n) is 7.37. The number of anilines is 2. The minimum Gasteiger partial charge on any atom is -0.481 e. The number of aromatic nitrogens is 6. The van der Waals surface area contributed by atoms with Crippen molar-refractivity contribution in [1.29, 1.82) is 0 Å². The molecule has 41 heavy (non-hydrogen) atoms. The maximum Gasteiger partial charge on any atom is 0.273 e. The van der Waals surface area contributed by atoms with Crippen molar-refractivity contribution in [3.8, 4) is 11.3 Å². The predicted octanol–water partition coefficient (Wildman–Crippen LogP) is 5.72. The Morgan fingerprint density at radius 2 is 1.85 bits per heavy atom. The third kappa shape index (κ3) is 6.56. The highest BCUT2D eigenvalue weighted by atomic mass is 16.5. The summed E-state index contributed by atoms with van der Waals surface area (Å²) in [6.07, 6.45) is 11.6. The van der Waals surface area contributed by atoms with Gasteiger partial charge in [-0.15, -0.1) is 0 Å². The molecule has 5 rings (SSSR count). The maximum absolute atomic E-state index is 12.7. The van der Waals surface area contributed by atoms with E-state index in [0.29, 0.717) is 36.5 Å². The van der Waals surface area contributed by atoms with Gasteiger partial charge in [-0.1, -0.05) is 12.1 Å². The molecule has 11 heteroatoms. The lowest BCUT2D eigenvalue weighted by molar-refractivity contribution is 0.0950. The molecule has 1 fully saturated rings. The second-order valence-electron chi connectivity index (χ2n) is 11.4. The second kappa shape index (κ2) is 11.4. The number of amides is 1. The van der Waals surface area contributed by atoms with Crippen LogP contribution in [0.5, 0.6) is 0 Å². The summed E-state index contributed by atoms with van der Waals surface area (Å²) in [7, 11) is 0. The van der Waals surface area contributed by atoms with Gasteiger partial charge in [0.1, 0.15) is 0 Å². The number of allylic oxidation sites excluding steroid dienone is 1. The second-order valence-corrected chi connectivity index (χ2v) is 11.4. The normalized spacial score (nSPS) is 15.5. The van der Waals surface area contributed by atoms with Crippen LogP contribution in [0.1, 0.15) is 74.0 Å². The molecule has 0 spiro atoms. The van der Waals surface area contributed by atoms with Gasteiger partial charge in [0, 0.05) is 36.3 Å². The van der Waals surface area contributed by atoms with Crippen molar-refractivity contribution in [3.63, 3.8) is 0 Å². The standard InChI is InChI=1S/C30H36N8O3/c1-19-13-21(5-6-22(19)14-32-27(39)23-15-34-38(17-23)30(2,3)4)26-11-12-31-29(36-26)35-24-16-33-37(18-24)25-9-7-20(8-10-25)28(40)41/h5-6,11-13,15-18,25,40-41H,7-10,14H2,1-4H3,(H,32,39)(H,31,35,36). The number of aliphatic hydroxyl groups is 2. The highest BCUT2D eigenvalue weighted by Crippen LogP contribution is 2.33. The Bertz CT molecular complexity index is 1570. The lowest BCUT2D eigenvalue weighted by atomic mass is 9.91. The number of carbonyl (C=O) groups is 1. The highest BCUT2D eigenvalue weighted by Gasteiger charge is 2.21. The lowest BCUT2D eigenvalue weighted by Gasteiger charge is -2.23. The molecule has 3 aromatic heterocycles. The summed E-state index contributed by atoms with van der Waals surface area (Å²) < 4.78 is 3.70. The largest absolute Gasteiger partial charge is 0.481 e. The van der Waals surface area contributed by atoms with Gasteiger partial charge in [-0.3, -0.25) is 14.2 Å². The zero-order chi connectivity index (χ0) is 29.1. The Hall–Kier alpha value is -4.67. The van der Waals surface area contributed by atoms with Crippen molar-refractivity contribution < 1.29 is 15.0 Å². The van der Waals surface area contributed by atoms with Crippen LogP contribution in [0.4, 0.5) is 11.6 Å². The molecule has 1 aliphatic rings. The smallest absolute Gasteiger partial charge is 0.273 e. The molecule has 1 aromatic carbocycles. The molecule has 4 N–H and O–H groups in total. The first-order valence-corrected chi connectivity index (χ1v) is 13.7. The average molecular weight is 557 g/mol. The summed E-state index contributed by atoms with van der Waals surface area (Å²) in [5, 5.41) is 33.6. The predicted molar refractivity (Wildman–Crippen MR) is 156 cm³/mol. The summed E-state index contributed by atoms with van der Waals surface area (Å²) in [5.74, 6) is -0.236. The topological polar surface area (TPSA) is 143 Å². The summed E-state index contributed by atoms with van der Waals surface area (Å²) in [4.78, 5) is 21.7. The van der Waals surface area contributed by atoms with E-state index in [0.717, 1.165) is 40.9 Å². The molecule has 214 valence electrons. The molecule has 0 saturated heterocycles. The van der Waals surface area contributed by atoms with Crippen molar-refractivity contribution in [3.05, 3.63) is 83.5 Å². The third-order valence-corrected chi connectivity index (χ3v) is 7.37. The van der Waals surface area contributed by atoms with E-state index in [1.54, 1.807) is 29.5 Å². The van der Waals surface area contributed by atoms with Crippen LogP contribution in [0.15, 0.2) is 66.8 Å². The number of carbonyl (C=O) groups excluding carboxylic acids is 1. The molecule has 0 bridgehead atoms. The van der Waals surface area contributed by atoms with Gasteiger partial charge in [-0.2, -0.15) is 10.2 Å². The fourth-order valence-corrected chi connectivity index (χ4v) is 4.89. The molecule has 0 aliphatic heterocycles. The van der Waals surface area contributed by atoms with Crippen molar-refractivity contribution >= 4 is 17.5 Å². The molecule has 11 nitrogen and oxygen atoms in total. The summed E-state index contributed by atoms with van der Waals surface area (Å²) in [6, 6.07) is 8.12. The van der Waals surface area contributed by atoms with E-state index in [9.17, 15) is 15.0 Å². The monoisotopic (exact) mass is 556 g/mol. The van der Waals surface area contributed by atoms with Gasteiger partial charge in [0.2, 0.25) is 5.95 Å². The number of rotatable bonds is 7. The Labute approximate surface area is 239 Å². The van der Waals surface area contributed by atoms with Crippen molar-refractivity contribution in [1.82, 2.24) is 34.8 Å². The van der Waals surface area contributed by atoms with Crippen LogP contribution in [0, 0.1) is 6.92 Å². The molecule has 0 unspecified atom stereocenters. The van der Waals surface area contributed by atoms with Crippen molar-refractivity contribution in [2.75, 3.05) is 5.32 Å². The number of benzene rings is 1. The van der Waals surface area contributed by atoms with Crippen LogP contribution >= 0.6 is 0 Å². The molecular weight excluding hydrogens is 520 g/mol. The molecule has 0 radical (unpaired) electrons. The zero-order valence-corrected chi connectivity index (χ0v) is 23.8. The van der Waals surface area contributed by atoms with E-state index in [2.05, 4.69) is 31.9 Å². The molecule has 0 atom stereocenters. The Morgan fingerprint density at radius 1 is 1.07 bits per heavy atom. The van der Waals surface area contributed by atoms with Crippen molar-refractivity contribution in [2.24, 2.45) is 0 Å². The first-order valence-electron chi connectivity index (χ1n) is 13.7. The van der Waals surface area contributed by atoms with Gasteiger partial charge in [0.05, 0.1) is 40.9 Å². The molecule has 4 aromatic rings. The Balaban J connectivity index is 1.21. The fourth-order valence-electron chi connectivity index (χ4n) is 4.89. The fraction of sp³-hybridized carbons (Fsp3) is 0.367. The highest BCUT2D eigenvalue weighted by molar-refractivity contribution is 5.93. The quantitative estimate of drug-likeness (QED) is 0.212. The minimum atomic E-state index is -0.541. The van der Waals surface area contributed by atoms with Crippen molar-refractivity contribution in [2.45, 2.75) is 71.5 Å². The van der Waals surface area contributed by atoms with E-state index in [1.807, 2.05) is 56.8 Å². The first kappa shape index (κ1) is 27.9. The van der Waals surface area contributed by atoms with E-state index in [1.165, 1.54) is 0 Å². The maximum atomic E-state index is 12.7. The van der Waals surface area contributed by atoms with E-state index < -0.39 is 5.95 Å². The number of hydrogen-bond donors (Lipinski definition) is 4. The van der Waals surface area contributed by atoms with Gasteiger partial charge >= 0.3 is 0 Å². The summed E-state index contributed by atoms with van der Waals surface area (Å²) in [6.45, 7) is 8.54. The van der Waals surface area contributed by atoms with Gasteiger partial charge in [-0.05, 0) is 76.6 Å². The first-order chi connectivity index (χ1) is 19.6. The molecular formula is C30H36N8O3. The van der Waals surface area contributed by atoms with Crippen LogP contribution in [-0.4, -0.2) is 45.6 Å². The Kier molecular flexibility index (Phi) is 7.78. The number of hydrogen-bond acceptors (Lipinski definition) is 8. The summed E-state index contributed by atoms with van der Waals surface area (Å²) in [5.41, 5.74) is 5.62. The summed E-state index contributed by atoms with van der Waals surface area (Å²) >= 11 is 0. The van der Waals surface area contributed by atoms with Crippen LogP contribution in [0.2, 0.25) is 0 Å². The van der Waals surface area contributed by atoms with Gasteiger partial charge in [0.25, 0.3) is 11.9 Å². The minimum absolute atomic E-state index is 0.159. The van der Waals surface area contributed by atoms with Gasteiger partial charge in [0.15, 0.2) is 0 Å². The molecule has 1 aliphatic carbocycles.